The van der Waals surface area contributed by atoms with Crippen LogP contribution in [-0.2, 0) is 13.6 Å². The van der Waals surface area contributed by atoms with Crippen LogP contribution in [0.1, 0.15) is 18.7 Å². The molecule has 3 rings (SSSR count). The number of aromatic nitrogens is 2. The zero-order valence-electron chi connectivity index (χ0n) is 15.7. The number of nitrogens with zero attached hydrogens (tertiary/aromatic N) is 4. The Bertz CT molecular complexity index is 743. The first-order chi connectivity index (χ1) is 12.6. The summed E-state index contributed by atoms with van der Waals surface area (Å²) in [5.74, 6) is 1.32. The zero-order chi connectivity index (χ0) is 18.5. The van der Waals surface area contributed by atoms with Crippen LogP contribution in [0.5, 0.6) is 0 Å². The van der Waals surface area contributed by atoms with Crippen molar-refractivity contribution in [3.63, 3.8) is 0 Å². The van der Waals surface area contributed by atoms with E-state index >= 15 is 0 Å². The van der Waals surface area contributed by atoms with E-state index in [0.29, 0.717) is 19.0 Å². The highest BCUT2D eigenvalue weighted by molar-refractivity contribution is 5.76. The van der Waals surface area contributed by atoms with Gasteiger partial charge in [0.15, 0.2) is 0 Å². The minimum Gasteiger partial charge on any atom is -0.395 e. The van der Waals surface area contributed by atoms with Crippen LogP contribution in [0.4, 0.5) is 4.79 Å². The van der Waals surface area contributed by atoms with Crippen LogP contribution in [0.3, 0.4) is 0 Å². The van der Waals surface area contributed by atoms with Crippen molar-refractivity contribution in [2.24, 2.45) is 13.0 Å². The standard InChI is InChI=1S/C19H29N5O2/c1-22(14-18-21-16-7-3-4-8-17(16)23(18)2)19(26)20-12-15-6-5-9-24(13-15)10-11-25/h3-4,7-8,15,25H,5-6,9-14H2,1-2H3,(H,20,26)/t15-/m0/s1. The Morgan fingerprint density at radius 1 is 1.42 bits per heavy atom. The summed E-state index contributed by atoms with van der Waals surface area (Å²) in [6.07, 6.45) is 2.24. The molecule has 0 radical (unpaired) electrons. The van der Waals surface area contributed by atoms with E-state index in [1.54, 1.807) is 11.9 Å². The molecule has 0 bridgehead atoms. The third-order valence-electron chi connectivity index (χ3n) is 5.17. The lowest BCUT2D eigenvalue weighted by molar-refractivity contribution is 0.137. The lowest BCUT2D eigenvalue weighted by atomic mass is 9.98. The van der Waals surface area contributed by atoms with Crippen molar-refractivity contribution in [2.45, 2.75) is 19.4 Å². The quantitative estimate of drug-likeness (QED) is 0.818. The van der Waals surface area contributed by atoms with Gasteiger partial charge in [0, 0.05) is 33.7 Å². The molecule has 2 aromatic rings. The smallest absolute Gasteiger partial charge is 0.317 e. The van der Waals surface area contributed by atoms with Crippen molar-refractivity contribution < 1.29 is 9.90 Å². The minimum atomic E-state index is -0.0728. The Hall–Kier alpha value is -2.12. The molecule has 2 heterocycles. The second-order valence-electron chi connectivity index (χ2n) is 7.15. The lowest BCUT2D eigenvalue weighted by Gasteiger charge is -2.32. The molecular formula is C19H29N5O2. The molecule has 0 saturated carbocycles. The van der Waals surface area contributed by atoms with Gasteiger partial charge in [0.2, 0.25) is 0 Å². The van der Waals surface area contributed by atoms with E-state index in [0.717, 1.165) is 49.3 Å². The first-order valence-corrected chi connectivity index (χ1v) is 9.31. The predicted octanol–water partition coefficient (Wildman–Crippen LogP) is 1.42. The van der Waals surface area contributed by atoms with E-state index in [1.807, 2.05) is 35.9 Å². The number of imidazole rings is 1. The average molecular weight is 359 g/mol. The molecule has 1 aliphatic heterocycles. The molecule has 1 saturated heterocycles. The monoisotopic (exact) mass is 359 g/mol. The minimum absolute atomic E-state index is 0.0728. The summed E-state index contributed by atoms with van der Waals surface area (Å²) in [7, 11) is 3.78. The number of piperidine rings is 1. The summed E-state index contributed by atoms with van der Waals surface area (Å²) in [6.45, 7) is 4.04. The third-order valence-corrected chi connectivity index (χ3v) is 5.17. The van der Waals surface area contributed by atoms with Gasteiger partial charge < -0.3 is 24.8 Å². The van der Waals surface area contributed by atoms with Gasteiger partial charge in [0.05, 0.1) is 24.2 Å². The fraction of sp³-hybridized carbons (Fsp3) is 0.579. The van der Waals surface area contributed by atoms with Gasteiger partial charge in [-0.1, -0.05) is 12.1 Å². The maximum Gasteiger partial charge on any atom is 0.317 e. The molecule has 2 N–H and O–H groups in total. The number of β-amino-alcohol motifs (C(OH)–C–C–N with tert-alkyl or cyclic N) is 1. The van der Waals surface area contributed by atoms with Crippen molar-refractivity contribution in [3.8, 4) is 0 Å². The van der Waals surface area contributed by atoms with E-state index in [2.05, 4.69) is 15.2 Å². The Morgan fingerprint density at radius 3 is 3.00 bits per heavy atom. The van der Waals surface area contributed by atoms with Crippen molar-refractivity contribution in [3.05, 3.63) is 30.1 Å². The number of benzene rings is 1. The molecule has 2 amide bonds. The SMILES string of the molecule is CN(Cc1nc2ccccc2n1C)C(=O)NC[C@@H]1CCCN(CCO)C1. The summed E-state index contributed by atoms with van der Waals surface area (Å²) in [4.78, 5) is 21.0. The Balaban J connectivity index is 1.52. The van der Waals surface area contributed by atoms with Crippen LogP contribution in [-0.4, -0.2) is 70.3 Å². The van der Waals surface area contributed by atoms with E-state index < -0.39 is 0 Å². The van der Waals surface area contributed by atoms with Crippen LogP contribution in [0, 0.1) is 5.92 Å². The topological polar surface area (TPSA) is 73.6 Å². The normalized spacial score (nSPS) is 18.2. The highest BCUT2D eigenvalue weighted by Crippen LogP contribution is 2.16. The van der Waals surface area contributed by atoms with Crippen LogP contribution in [0.15, 0.2) is 24.3 Å². The van der Waals surface area contributed by atoms with Crippen molar-refractivity contribution in [1.82, 2.24) is 24.7 Å². The number of rotatable bonds is 6. The second-order valence-corrected chi connectivity index (χ2v) is 7.15. The predicted molar refractivity (Wildman–Crippen MR) is 102 cm³/mol. The third kappa shape index (κ3) is 4.34. The number of para-hydroxylation sites is 2. The van der Waals surface area contributed by atoms with E-state index in [9.17, 15) is 4.79 Å². The second kappa shape index (κ2) is 8.51. The van der Waals surface area contributed by atoms with Gasteiger partial charge in [0.1, 0.15) is 5.82 Å². The molecule has 7 nitrogen and oxygen atoms in total. The number of carbonyl (C=O) groups is 1. The molecule has 1 atom stereocenters. The highest BCUT2D eigenvalue weighted by atomic mass is 16.3. The fourth-order valence-electron chi connectivity index (χ4n) is 3.65. The summed E-state index contributed by atoms with van der Waals surface area (Å²) >= 11 is 0. The first-order valence-electron chi connectivity index (χ1n) is 9.31. The molecular weight excluding hydrogens is 330 g/mol. The molecule has 0 aliphatic carbocycles. The van der Waals surface area contributed by atoms with E-state index in [1.165, 1.54) is 0 Å². The van der Waals surface area contributed by atoms with Crippen LogP contribution in [0.25, 0.3) is 11.0 Å². The number of nitrogens with one attached hydrogen (secondary N) is 1. The first kappa shape index (κ1) is 18.7. The van der Waals surface area contributed by atoms with E-state index in [-0.39, 0.29) is 12.6 Å². The molecule has 142 valence electrons. The largest absolute Gasteiger partial charge is 0.395 e. The number of hydrogen-bond acceptors (Lipinski definition) is 4. The molecule has 1 aromatic heterocycles. The Morgan fingerprint density at radius 2 is 2.23 bits per heavy atom. The highest BCUT2D eigenvalue weighted by Gasteiger charge is 2.21. The molecule has 1 aromatic carbocycles. The fourth-order valence-corrected chi connectivity index (χ4v) is 3.65. The summed E-state index contributed by atoms with van der Waals surface area (Å²) in [6, 6.07) is 7.91. The number of hydrogen-bond donors (Lipinski definition) is 2. The summed E-state index contributed by atoms with van der Waals surface area (Å²) < 4.78 is 2.03. The van der Waals surface area contributed by atoms with Gasteiger partial charge in [-0.25, -0.2) is 9.78 Å². The van der Waals surface area contributed by atoms with E-state index in [4.69, 9.17) is 5.11 Å². The maximum atomic E-state index is 12.4. The van der Waals surface area contributed by atoms with Gasteiger partial charge in [-0.2, -0.15) is 0 Å². The molecule has 0 spiro atoms. The van der Waals surface area contributed by atoms with Gasteiger partial charge in [-0.15, -0.1) is 0 Å². The zero-order valence-corrected chi connectivity index (χ0v) is 15.7. The molecule has 1 fully saturated rings. The Labute approximate surface area is 154 Å². The molecule has 0 unspecified atom stereocenters. The molecule has 7 heteroatoms. The summed E-state index contributed by atoms with van der Waals surface area (Å²) in [5.41, 5.74) is 2.02. The Kier molecular flexibility index (Phi) is 6.11. The number of aliphatic hydroxyl groups is 1. The maximum absolute atomic E-state index is 12.4. The molecule has 26 heavy (non-hydrogen) atoms. The number of fused-ring (bicyclic) bond motifs is 1. The number of amides is 2. The lowest BCUT2D eigenvalue weighted by Crippen LogP contribution is -2.44. The van der Waals surface area contributed by atoms with Crippen molar-refractivity contribution >= 4 is 17.1 Å². The van der Waals surface area contributed by atoms with Crippen molar-refractivity contribution in [1.29, 1.82) is 0 Å². The number of aryl methyl sites for hydroxylation is 1. The molecule has 1 aliphatic rings. The van der Waals surface area contributed by atoms with Gasteiger partial charge >= 0.3 is 6.03 Å². The number of likely N-dealkylation sites (tertiary alicyclic amines) is 1. The number of carbonyl (C=O) groups excluding carboxylic acids is 1. The van der Waals surface area contributed by atoms with Crippen LogP contribution >= 0.6 is 0 Å². The van der Waals surface area contributed by atoms with Gasteiger partial charge in [0.25, 0.3) is 0 Å². The van der Waals surface area contributed by atoms with Crippen LogP contribution < -0.4 is 5.32 Å². The van der Waals surface area contributed by atoms with Crippen LogP contribution in [0.2, 0.25) is 0 Å². The summed E-state index contributed by atoms with van der Waals surface area (Å²) in [5, 5.41) is 12.1. The number of urea groups is 1. The van der Waals surface area contributed by atoms with Crippen molar-refractivity contribution in [2.75, 3.05) is 39.8 Å². The number of aliphatic hydroxyl groups excluding tert-OH is 1. The van der Waals surface area contributed by atoms with Gasteiger partial charge in [-0.05, 0) is 37.4 Å². The van der Waals surface area contributed by atoms with Gasteiger partial charge in [-0.3, -0.25) is 0 Å². The average Bonchev–Trinajstić information content (AvgIpc) is 2.96.